The van der Waals surface area contributed by atoms with E-state index in [2.05, 4.69) is 32.6 Å². The van der Waals surface area contributed by atoms with Crippen molar-refractivity contribution in [2.24, 2.45) is 11.3 Å². The first-order valence-electron chi connectivity index (χ1n) is 13.3. The molecule has 0 aromatic carbocycles. The smallest absolute Gasteiger partial charge is 0.00162 e. The van der Waals surface area contributed by atoms with Gasteiger partial charge in [0.15, 0.2) is 0 Å². The van der Waals surface area contributed by atoms with Crippen molar-refractivity contribution in [1.29, 1.82) is 0 Å². The molecule has 0 spiro atoms. The van der Waals surface area contributed by atoms with E-state index in [1.165, 1.54) is 135 Å². The van der Waals surface area contributed by atoms with Gasteiger partial charge < -0.3 is 4.90 Å². The highest BCUT2D eigenvalue weighted by Crippen LogP contribution is 2.33. The molecule has 0 saturated carbocycles. The third kappa shape index (κ3) is 14.9. The molecule has 28 heavy (non-hydrogen) atoms. The van der Waals surface area contributed by atoms with E-state index in [4.69, 9.17) is 0 Å². The number of nitrogens with zero attached hydrogens (tertiary/aromatic N) is 1. The number of likely N-dealkylation sites (tertiary alicyclic amines) is 1. The molecule has 1 aliphatic rings. The van der Waals surface area contributed by atoms with Crippen LogP contribution in [-0.4, -0.2) is 24.5 Å². The summed E-state index contributed by atoms with van der Waals surface area (Å²) in [5.41, 5.74) is 0.539. The second kappa shape index (κ2) is 16.7. The van der Waals surface area contributed by atoms with Crippen molar-refractivity contribution >= 4 is 0 Å². The molecule has 1 fully saturated rings. The van der Waals surface area contributed by atoms with Crippen LogP contribution in [0.1, 0.15) is 143 Å². The first-order chi connectivity index (χ1) is 13.5. The molecule has 1 heteroatoms. The van der Waals surface area contributed by atoms with Gasteiger partial charge in [0.1, 0.15) is 0 Å². The number of rotatable bonds is 17. The summed E-state index contributed by atoms with van der Waals surface area (Å²) in [6.45, 7) is 13.9. The van der Waals surface area contributed by atoms with Crippen molar-refractivity contribution < 1.29 is 0 Å². The lowest BCUT2D eigenvalue weighted by molar-refractivity contribution is 0.211. The summed E-state index contributed by atoms with van der Waals surface area (Å²) in [4.78, 5) is 2.74. The van der Waals surface area contributed by atoms with Gasteiger partial charge in [-0.2, -0.15) is 0 Å². The van der Waals surface area contributed by atoms with E-state index in [0.717, 1.165) is 5.92 Å². The van der Waals surface area contributed by atoms with Gasteiger partial charge in [-0.25, -0.2) is 0 Å². The Morgan fingerprint density at radius 3 is 1.75 bits per heavy atom. The lowest BCUT2D eigenvalue weighted by Gasteiger charge is -2.29. The minimum Gasteiger partial charge on any atom is -0.303 e. The van der Waals surface area contributed by atoms with Crippen molar-refractivity contribution in [2.75, 3.05) is 19.6 Å². The predicted molar refractivity (Wildman–Crippen MR) is 128 cm³/mol. The van der Waals surface area contributed by atoms with Crippen molar-refractivity contribution in [1.82, 2.24) is 4.90 Å². The Bertz CT molecular complexity index is 327. The molecule has 0 N–H and O–H groups in total. The van der Waals surface area contributed by atoms with Crippen molar-refractivity contribution in [3.8, 4) is 0 Å². The first kappa shape index (κ1) is 26.0. The summed E-state index contributed by atoms with van der Waals surface area (Å²) in [6.07, 6.45) is 26.0. The summed E-state index contributed by atoms with van der Waals surface area (Å²) in [5, 5.41) is 0. The molecule has 1 heterocycles. The molecule has 0 aliphatic carbocycles. The van der Waals surface area contributed by atoms with Crippen molar-refractivity contribution in [2.45, 2.75) is 143 Å². The summed E-state index contributed by atoms with van der Waals surface area (Å²) >= 11 is 0. The second-order valence-electron chi connectivity index (χ2n) is 10.8. The molecule has 0 aromatic heterocycles. The minimum atomic E-state index is 0.539. The maximum Gasteiger partial charge on any atom is -0.00162 e. The average Bonchev–Trinajstić information content (AvgIpc) is 2.93. The van der Waals surface area contributed by atoms with E-state index in [-0.39, 0.29) is 0 Å². The van der Waals surface area contributed by atoms with Gasteiger partial charge >= 0.3 is 0 Å². The fraction of sp³-hybridized carbons (Fsp3) is 1.00. The normalized spacial score (nSPS) is 17.6. The zero-order valence-corrected chi connectivity index (χ0v) is 20.4. The minimum absolute atomic E-state index is 0.539. The summed E-state index contributed by atoms with van der Waals surface area (Å²) in [6, 6.07) is 0. The molecular formula is C27H55N. The Hall–Kier alpha value is -0.0400. The first-order valence-corrected chi connectivity index (χ1v) is 13.3. The highest BCUT2D eigenvalue weighted by Gasteiger charge is 2.21. The fourth-order valence-corrected chi connectivity index (χ4v) is 5.18. The molecule has 1 rings (SSSR count). The molecule has 1 aliphatic heterocycles. The second-order valence-corrected chi connectivity index (χ2v) is 10.8. The van der Waals surface area contributed by atoms with E-state index in [0.29, 0.717) is 5.41 Å². The summed E-state index contributed by atoms with van der Waals surface area (Å²) in [7, 11) is 0. The zero-order chi connectivity index (χ0) is 20.5. The molecule has 168 valence electrons. The molecule has 1 nitrogen and oxygen atoms in total. The molecule has 0 bridgehead atoms. The van der Waals surface area contributed by atoms with Crippen LogP contribution in [0.15, 0.2) is 0 Å². The molecule has 0 amide bonds. The summed E-state index contributed by atoms with van der Waals surface area (Å²) in [5.74, 6) is 0.881. The van der Waals surface area contributed by atoms with Crippen molar-refractivity contribution in [3.05, 3.63) is 0 Å². The Labute approximate surface area is 179 Å². The highest BCUT2D eigenvalue weighted by molar-refractivity contribution is 4.73. The average molecular weight is 394 g/mol. The Morgan fingerprint density at radius 2 is 1.21 bits per heavy atom. The largest absolute Gasteiger partial charge is 0.303 e. The molecule has 1 saturated heterocycles. The van der Waals surface area contributed by atoms with Crippen LogP contribution < -0.4 is 0 Å². The van der Waals surface area contributed by atoms with Gasteiger partial charge in [0.2, 0.25) is 0 Å². The number of unbranched alkanes of at least 4 members (excludes halogenated alkanes) is 10. The van der Waals surface area contributed by atoms with E-state index in [1.807, 2.05) is 0 Å². The van der Waals surface area contributed by atoms with Crippen LogP contribution in [0.25, 0.3) is 0 Å². The third-order valence-corrected chi connectivity index (χ3v) is 6.99. The molecule has 0 aromatic rings. The number of hydrogen-bond donors (Lipinski definition) is 0. The van der Waals surface area contributed by atoms with Gasteiger partial charge in [-0.1, -0.05) is 111 Å². The van der Waals surface area contributed by atoms with Crippen LogP contribution in [0.5, 0.6) is 0 Å². The summed E-state index contributed by atoms with van der Waals surface area (Å²) < 4.78 is 0. The maximum atomic E-state index is 2.74. The molecule has 1 unspecified atom stereocenters. The van der Waals surface area contributed by atoms with Crippen LogP contribution in [0.4, 0.5) is 0 Å². The lowest BCUT2D eigenvalue weighted by Crippen LogP contribution is -2.27. The van der Waals surface area contributed by atoms with Gasteiger partial charge in [0.25, 0.3) is 0 Å². The van der Waals surface area contributed by atoms with E-state index in [9.17, 15) is 0 Å². The lowest BCUT2D eigenvalue weighted by atomic mass is 9.78. The molecular weight excluding hydrogens is 338 g/mol. The van der Waals surface area contributed by atoms with E-state index in [1.54, 1.807) is 0 Å². The van der Waals surface area contributed by atoms with Gasteiger partial charge in [0.05, 0.1) is 0 Å². The fourth-order valence-electron chi connectivity index (χ4n) is 5.18. The van der Waals surface area contributed by atoms with Gasteiger partial charge in [-0.3, -0.25) is 0 Å². The predicted octanol–water partition coefficient (Wildman–Crippen LogP) is 9.01. The van der Waals surface area contributed by atoms with Crippen LogP contribution in [0.3, 0.4) is 0 Å². The Balaban J connectivity index is 1.97. The Kier molecular flexibility index (Phi) is 15.5. The monoisotopic (exact) mass is 393 g/mol. The highest BCUT2D eigenvalue weighted by atomic mass is 15.1. The van der Waals surface area contributed by atoms with Crippen molar-refractivity contribution in [3.63, 3.8) is 0 Å². The topological polar surface area (TPSA) is 3.24 Å². The molecule has 1 atom stereocenters. The van der Waals surface area contributed by atoms with E-state index >= 15 is 0 Å². The SMILES string of the molecule is CCCCCCCCCCCCCC(C)(C)CC(C)CCN1CCCCCC1. The quantitative estimate of drug-likeness (QED) is 0.223. The Morgan fingerprint density at radius 1 is 0.714 bits per heavy atom. The number of hydrogen-bond acceptors (Lipinski definition) is 1. The third-order valence-electron chi connectivity index (χ3n) is 6.99. The van der Waals surface area contributed by atoms with Gasteiger partial charge in [-0.15, -0.1) is 0 Å². The van der Waals surface area contributed by atoms with Gasteiger partial charge in [-0.05, 0) is 63.1 Å². The van der Waals surface area contributed by atoms with E-state index < -0.39 is 0 Å². The van der Waals surface area contributed by atoms with Crippen LogP contribution in [-0.2, 0) is 0 Å². The van der Waals surface area contributed by atoms with Crippen LogP contribution in [0, 0.1) is 11.3 Å². The maximum absolute atomic E-state index is 2.74. The standard InChI is InChI=1S/C27H55N/c1-5-6-7-8-9-10-11-12-13-14-17-21-27(3,4)25-26(2)20-24-28-22-18-15-16-19-23-28/h26H,5-25H2,1-4H3. The zero-order valence-electron chi connectivity index (χ0n) is 20.4. The molecule has 0 radical (unpaired) electrons. The van der Waals surface area contributed by atoms with Crippen LogP contribution >= 0.6 is 0 Å². The van der Waals surface area contributed by atoms with Gasteiger partial charge in [0, 0.05) is 0 Å². The van der Waals surface area contributed by atoms with Crippen LogP contribution in [0.2, 0.25) is 0 Å².